The number of fused-ring (bicyclic) bond motifs is 1. The smallest absolute Gasteiger partial charge is 0.276 e. The second-order valence-electron chi connectivity index (χ2n) is 8.84. The summed E-state index contributed by atoms with van der Waals surface area (Å²) in [6, 6.07) is 11.4. The Kier molecular flexibility index (Phi) is 5.69. The minimum atomic E-state index is -0.165. The van der Waals surface area contributed by atoms with Gasteiger partial charge in [-0.1, -0.05) is 17.7 Å². The van der Waals surface area contributed by atoms with Crippen molar-refractivity contribution >= 4 is 17.5 Å². The van der Waals surface area contributed by atoms with Crippen LogP contribution in [0.4, 0.5) is 5.69 Å². The van der Waals surface area contributed by atoms with E-state index in [1.807, 2.05) is 26.0 Å². The predicted molar refractivity (Wildman–Crippen MR) is 125 cm³/mol. The lowest BCUT2D eigenvalue weighted by Crippen LogP contribution is -2.41. The molecule has 1 N–H and O–H groups in total. The van der Waals surface area contributed by atoms with Gasteiger partial charge in [0, 0.05) is 30.8 Å². The number of aryl methyl sites for hydroxylation is 3. The van der Waals surface area contributed by atoms with Gasteiger partial charge < -0.3 is 19.7 Å². The van der Waals surface area contributed by atoms with Crippen LogP contribution in [0.3, 0.4) is 0 Å². The van der Waals surface area contributed by atoms with E-state index in [4.69, 9.17) is 9.47 Å². The predicted octanol–water partition coefficient (Wildman–Crippen LogP) is 3.41. The van der Waals surface area contributed by atoms with Crippen molar-refractivity contribution in [2.75, 3.05) is 25.2 Å². The molecular weight excluding hydrogens is 434 g/mol. The van der Waals surface area contributed by atoms with Gasteiger partial charge >= 0.3 is 0 Å². The first-order chi connectivity index (χ1) is 16.4. The molecule has 2 aliphatic rings. The molecule has 3 aromatic rings. The number of aromatic nitrogens is 3. The summed E-state index contributed by atoms with van der Waals surface area (Å²) in [6.45, 7) is 7.01. The first-order valence-electron chi connectivity index (χ1n) is 11.4. The fraction of sp³-hybridized carbons (Fsp3) is 0.360. The molecule has 0 saturated carbocycles. The van der Waals surface area contributed by atoms with Crippen molar-refractivity contribution in [2.45, 2.75) is 33.6 Å². The van der Waals surface area contributed by atoms with Crippen LogP contribution in [0.1, 0.15) is 40.2 Å². The largest absolute Gasteiger partial charge is 0.454 e. The van der Waals surface area contributed by atoms with Crippen molar-refractivity contribution < 1.29 is 19.1 Å². The van der Waals surface area contributed by atoms with Gasteiger partial charge in [-0.05, 0) is 57.4 Å². The zero-order valence-electron chi connectivity index (χ0n) is 19.5. The number of nitrogens with one attached hydrogen (secondary N) is 1. The highest BCUT2D eigenvalue weighted by atomic mass is 16.7. The van der Waals surface area contributed by atoms with E-state index in [-0.39, 0.29) is 24.5 Å². The minimum Gasteiger partial charge on any atom is -0.454 e. The van der Waals surface area contributed by atoms with Crippen LogP contribution in [0.2, 0.25) is 0 Å². The highest BCUT2D eigenvalue weighted by molar-refractivity contribution is 5.95. The zero-order chi connectivity index (χ0) is 23.8. The Bertz CT molecular complexity index is 1260. The number of hydrogen-bond donors (Lipinski definition) is 1. The summed E-state index contributed by atoms with van der Waals surface area (Å²) in [5.41, 5.74) is 4.67. The van der Waals surface area contributed by atoms with Gasteiger partial charge in [0.15, 0.2) is 17.2 Å². The number of carbonyl (C=O) groups is 2. The Morgan fingerprint density at radius 2 is 1.74 bits per heavy atom. The summed E-state index contributed by atoms with van der Waals surface area (Å²) in [4.78, 5) is 29.2. The molecule has 9 nitrogen and oxygen atoms in total. The number of piperidine rings is 1. The van der Waals surface area contributed by atoms with Gasteiger partial charge in [0.25, 0.3) is 5.91 Å². The van der Waals surface area contributed by atoms with Crippen LogP contribution in [0.25, 0.3) is 5.69 Å². The standard InChI is InChI=1S/C25H27N5O4/c1-15-4-6-20(16(2)12-15)30-27-17(3)23(28-30)25(32)29-10-8-18(9-11-29)24(31)26-19-5-7-21-22(13-19)34-14-33-21/h4-7,12-13,18H,8-11,14H2,1-3H3,(H,26,31). The Balaban J connectivity index is 1.21. The van der Waals surface area contributed by atoms with E-state index in [2.05, 4.69) is 21.6 Å². The molecule has 1 saturated heterocycles. The quantitative estimate of drug-likeness (QED) is 0.639. The number of nitrogens with zero attached hydrogens (tertiary/aromatic N) is 4. The normalized spacial score (nSPS) is 15.4. The molecule has 0 atom stereocenters. The minimum absolute atomic E-state index is 0.0528. The molecule has 0 bridgehead atoms. The fourth-order valence-electron chi connectivity index (χ4n) is 4.43. The van der Waals surface area contributed by atoms with Gasteiger partial charge in [0.05, 0.1) is 11.4 Å². The number of likely N-dealkylation sites (tertiary alicyclic amines) is 1. The summed E-state index contributed by atoms with van der Waals surface area (Å²) in [6.07, 6.45) is 1.18. The number of benzene rings is 2. The van der Waals surface area contributed by atoms with Gasteiger partial charge in [0.2, 0.25) is 12.7 Å². The number of hydrogen-bond acceptors (Lipinski definition) is 6. The van der Waals surface area contributed by atoms with Crippen molar-refractivity contribution in [3.8, 4) is 17.2 Å². The SMILES string of the molecule is Cc1ccc(-n2nc(C)c(C(=O)N3CCC(C(=O)Nc4ccc5c(c4)OCO5)CC3)n2)c(C)c1. The van der Waals surface area contributed by atoms with E-state index >= 15 is 0 Å². The molecule has 1 fully saturated rings. The van der Waals surface area contributed by atoms with Gasteiger partial charge in [0.1, 0.15) is 0 Å². The average molecular weight is 462 g/mol. The topological polar surface area (TPSA) is 98.6 Å². The third-order valence-corrected chi connectivity index (χ3v) is 6.35. The highest BCUT2D eigenvalue weighted by Gasteiger charge is 2.30. The molecule has 0 radical (unpaired) electrons. The molecule has 0 unspecified atom stereocenters. The molecule has 0 spiro atoms. The maximum atomic E-state index is 13.2. The second kappa shape index (κ2) is 8.81. The Hall–Kier alpha value is -3.88. The monoisotopic (exact) mass is 461 g/mol. The molecule has 0 aliphatic carbocycles. The lowest BCUT2D eigenvalue weighted by atomic mass is 9.95. The number of rotatable bonds is 4. The average Bonchev–Trinajstić information content (AvgIpc) is 3.44. The van der Waals surface area contributed by atoms with E-state index in [1.165, 1.54) is 4.80 Å². The highest BCUT2D eigenvalue weighted by Crippen LogP contribution is 2.34. The van der Waals surface area contributed by atoms with Crippen LogP contribution in [0, 0.1) is 26.7 Å². The first-order valence-corrected chi connectivity index (χ1v) is 11.4. The zero-order valence-corrected chi connectivity index (χ0v) is 19.5. The van der Waals surface area contributed by atoms with Gasteiger partial charge in [-0.25, -0.2) is 0 Å². The van der Waals surface area contributed by atoms with Gasteiger partial charge in [-0.15, -0.1) is 5.10 Å². The molecule has 34 heavy (non-hydrogen) atoms. The van der Waals surface area contributed by atoms with Crippen LogP contribution < -0.4 is 14.8 Å². The fourth-order valence-corrected chi connectivity index (χ4v) is 4.43. The summed E-state index contributed by atoms with van der Waals surface area (Å²) in [5, 5.41) is 11.9. The lowest BCUT2D eigenvalue weighted by molar-refractivity contribution is -0.121. The van der Waals surface area contributed by atoms with Crippen LogP contribution >= 0.6 is 0 Å². The van der Waals surface area contributed by atoms with Crippen LogP contribution in [-0.4, -0.2) is 51.6 Å². The van der Waals surface area contributed by atoms with Crippen molar-refractivity contribution in [3.05, 3.63) is 58.9 Å². The molecule has 2 amide bonds. The maximum absolute atomic E-state index is 13.2. The van der Waals surface area contributed by atoms with Gasteiger partial charge in [-0.2, -0.15) is 9.90 Å². The van der Waals surface area contributed by atoms with Crippen molar-refractivity contribution in [1.29, 1.82) is 0 Å². The number of carbonyl (C=O) groups excluding carboxylic acids is 2. The van der Waals surface area contributed by atoms with E-state index in [0.717, 1.165) is 16.8 Å². The van der Waals surface area contributed by atoms with Crippen LogP contribution in [-0.2, 0) is 4.79 Å². The second-order valence-corrected chi connectivity index (χ2v) is 8.84. The van der Waals surface area contributed by atoms with E-state index in [0.29, 0.717) is 54.5 Å². The Morgan fingerprint density at radius 1 is 0.971 bits per heavy atom. The third kappa shape index (κ3) is 4.21. The molecule has 3 heterocycles. The number of ether oxygens (including phenoxy) is 2. The molecule has 1 aromatic heterocycles. The summed E-state index contributed by atoms with van der Waals surface area (Å²) in [5.74, 6) is 0.935. The Labute approximate surface area is 197 Å². The molecule has 9 heteroatoms. The maximum Gasteiger partial charge on any atom is 0.276 e. The third-order valence-electron chi connectivity index (χ3n) is 6.35. The van der Waals surface area contributed by atoms with E-state index < -0.39 is 0 Å². The molecule has 5 rings (SSSR count). The molecular formula is C25H27N5O4. The van der Waals surface area contributed by atoms with Gasteiger partial charge in [-0.3, -0.25) is 9.59 Å². The van der Waals surface area contributed by atoms with Crippen LogP contribution in [0.15, 0.2) is 36.4 Å². The Morgan fingerprint density at radius 3 is 2.50 bits per heavy atom. The van der Waals surface area contributed by atoms with E-state index in [9.17, 15) is 9.59 Å². The molecule has 176 valence electrons. The van der Waals surface area contributed by atoms with Crippen molar-refractivity contribution in [1.82, 2.24) is 19.9 Å². The summed E-state index contributed by atoms with van der Waals surface area (Å²) in [7, 11) is 0. The number of anilines is 1. The number of amides is 2. The summed E-state index contributed by atoms with van der Waals surface area (Å²) >= 11 is 0. The molecule has 2 aliphatic heterocycles. The van der Waals surface area contributed by atoms with Crippen LogP contribution in [0.5, 0.6) is 11.5 Å². The first kappa shape index (κ1) is 21.9. The van der Waals surface area contributed by atoms with Crippen molar-refractivity contribution in [3.63, 3.8) is 0 Å². The lowest BCUT2D eigenvalue weighted by Gasteiger charge is -2.31. The van der Waals surface area contributed by atoms with Crippen molar-refractivity contribution in [2.24, 2.45) is 5.92 Å². The van der Waals surface area contributed by atoms with E-state index in [1.54, 1.807) is 30.0 Å². The molecule has 2 aromatic carbocycles. The summed E-state index contributed by atoms with van der Waals surface area (Å²) < 4.78 is 10.7.